The van der Waals surface area contributed by atoms with Gasteiger partial charge in [0.05, 0.1) is 23.9 Å². The van der Waals surface area contributed by atoms with Crippen LogP contribution in [-0.4, -0.2) is 99.8 Å². The first-order valence-corrected chi connectivity index (χ1v) is 19.6. The first-order valence-electron chi connectivity index (χ1n) is 19.6. The van der Waals surface area contributed by atoms with Crippen LogP contribution in [0.1, 0.15) is 66.1 Å². The molecule has 2 saturated heterocycles. The number of nitrogens with zero attached hydrogens (tertiary/aromatic N) is 6. The fourth-order valence-electron chi connectivity index (χ4n) is 8.12. The van der Waals surface area contributed by atoms with E-state index in [1.807, 2.05) is 29.2 Å². The molecule has 0 radical (unpaired) electrons. The van der Waals surface area contributed by atoms with Gasteiger partial charge in [0.1, 0.15) is 17.3 Å². The molecule has 0 aliphatic carbocycles. The number of amides is 4. The van der Waals surface area contributed by atoms with Crippen LogP contribution in [-0.2, 0) is 20.9 Å². The summed E-state index contributed by atoms with van der Waals surface area (Å²) in [6, 6.07) is 16.3. The van der Waals surface area contributed by atoms with Gasteiger partial charge < -0.3 is 24.4 Å². The Labute approximate surface area is 333 Å². The highest BCUT2D eigenvalue weighted by Gasteiger charge is 2.30. The van der Waals surface area contributed by atoms with Gasteiger partial charge in [-0.2, -0.15) is 0 Å². The average molecular weight is 791 g/mol. The van der Waals surface area contributed by atoms with Gasteiger partial charge in [-0.15, -0.1) is 5.10 Å². The lowest BCUT2D eigenvalue weighted by molar-refractivity contribution is -0.139. The summed E-state index contributed by atoms with van der Waals surface area (Å²) in [6.45, 7) is 2.46. The van der Waals surface area contributed by atoms with Gasteiger partial charge in [0, 0.05) is 82.7 Å². The van der Waals surface area contributed by atoms with Crippen LogP contribution in [0.5, 0.6) is 5.75 Å². The van der Waals surface area contributed by atoms with E-state index in [0.717, 1.165) is 29.5 Å². The van der Waals surface area contributed by atoms with E-state index in [0.29, 0.717) is 54.8 Å². The van der Waals surface area contributed by atoms with Crippen LogP contribution in [0.25, 0.3) is 27.6 Å². The molecule has 0 bridgehead atoms. The molecule has 0 spiro atoms. The van der Waals surface area contributed by atoms with E-state index in [-0.39, 0.29) is 66.4 Å². The molecule has 0 saturated carbocycles. The number of ether oxygens (including phenoxy) is 1. The zero-order valence-corrected chi connectivity index (χ0v) is 32.3. The number of carbonyl (C=O) groups excluding carboxylic acids is 4. The predicted molar refractivity (Wildman–Crippen MR) is 213 cm³/mol. The van der Waals surface area contributed by atoms with E-state index in [9.17, 15) is 19.2 Å². The maximum Gasteiger partial charge on any atom is 0.269 e. The number of aromatic amines is 1. The lowest BCUT2D eigenvalue weighted by Crippen LogP contribution is -2.46. The van der Waals surface area contributed by atoms with Crippen molar-refractivity contribution in [2.45, 2.75) is 57.1 Å². The summed E-state index contributed by atoms with van der Waals surface area (Å²) in [5.41, 5.74) is 4.80. The summed E-state index contributed by atoms with van der Waals surface area (Å²) >= 11 is 0. The summed E-state index contributed by atoms with van der Waals surface area (Å²) in [6.07, 6.45) is 7.26. The number of H-pyrrole nitrogens is 1. The largest absolute Gasteiger partial charge is 0.480 e. The molecule has 1 atom stereocenters. The summed E-state index contributed by atoms with van der Waals surface area (Å²) in [4.78, 5) is 58.1. The Bertz CT molecular complexity index is 2400. The number of rotatable bonds is 10. The van der Waals surface area contributed by atoms with Crippen LogP contribution in [0.3, 0.4) is 0 Å². The zero-order chi connectivity index (χ0) is 40.5. The minimum Gasteiger partial charge on any atom is -0.480 e. The number of benzene rings is 3. The minimum absolute atomic E-state index is 0.0531. The molecule has 2 fully saturated rings. The fourth-order valence-corrected chi connectivity index (χ4v) is 8.12. The number of carbonyl (C=O) groups is 4. The minimum atomic E-state index is -0.839. The molecule has 3 aromatic carbocycles. The first kappa shape index (κ1) is 38.5. The van der Waals surface area contributed by atoms with Crippen molar-refractivity contribution in [3.63, 3.8) is 0 Å². The molecular formula is C43H44F2N8O5. The SMILES string of the molecule is CN(C)C(=O)c1cc2c(-c3ccc(C4CCN(c5ccc(OC6CCC(=O)NC6=O)cc5F)CC4)cc3)cc(C3=CCCN(C(=O)CCn4ccnn4)C3)c(F)c2[nH]1. The van der Waals surface area contributed by atoms with E-state index in [2.05, 4.69) is 32.7 Å². The normalized spacial score (nSPS) is 17.7. The highest BCUT2D eigenvalue weighted by molar-refractivity contribution is 6.04. The molecule has 13 nitrogen and oxygen atoms in total. The second-order valence-electron chi connectivity index (χ2n) is 15.3. The number of aromatic nitrogens is 4. The number of aryl methyl sites for hydroxylation is 1. The summed E-state index contributed by atoms with van der Waals surface area (Å²) in [5, 5.41) is 10.6. The summed E-state index contributed by atoms with van der Waals surface area (Å²) < 4.78 is 39.2. The van der Waals surface area contributed by atoms with Crippen molar-refractivity contribution in [1.29, 1.82) is 0 Å². The maximum atomic E-state index is 16.5. The van der Waals surface area contributed by atoms with E-state index in [4.69, 9.17) is 4.74 Å². The maximum absolute atomic E-state index is 16.5. The number of halogens is 2. The van der Waals surface area contributed by atoms with Crippen molar-refractivity contribution in [2.75, 3.05) is 45.2 Å². The standard InChI is InChI=1S/C43H44F2N8O5/c1-50(2)43(57)35-24-33-31(23-32(40(45)41(33)47-35)29-4-3-17-52(25-29)39(55)15-20-53-21-16-46-49-53)28-7-5-26(6-8-28)27-13-18-51(19-14-27)36-10-9-30(22-34(36)44)58-37-11-12-38(54)48-42(37)56/h4-10,16,21-24,27,37,47H,3,11-15,17-20,25H2,1-2H3,(H,48,54,56). The molecule has 8 rings (SSSR count). The Kier molecular flexibility index (Phi) is 10.8. The topological polar surface area (TPSA) is 146 Å². The Balaban J connectivity index is 0.989. The molecule has 5 heterocycles. The summed E-state index contributed by atoms with van der Waals surface area (Å²) in [5.74, 6) is -1.63. The van der Waals surface area contributed by atoms with Gasteiger partial charge in [0.25, 0.3) is 11.8 Å². The zero-order valence-electron chi connectivity index (χ0n) is 32.3. The molecule has 58 heavy (non-hydrogen) atoms. The van der Waals surface area contributed by atoms with Crippen molar-refractivity contribution >= 4 is 45.8 Å². The number of hydrogen-bond donors (Lipinski definition) is 2. The Morgan fingerprint density at radius 3 is 2.47 bits per heavy atom. The van der Waals surface area contributed by atoms with Crippen molar-refractivity contribution in [2.24, 2.45) is 0 Å². The Hall–Kier alpha value is -6.38. The van der Waals surface area contributed by atoms with Gasteiger partial charge >= 0.3 is 0 Å². The predicted octanol–water partition coefficient (Wildman–Crippen LogP) is 5.68. The monoisotopic (exact) mass is 790 g/mol. The first-order chi connectivity index (χ1) is 28.0. The van der Waals surface area contributed by atoms with E-state index in [1.165, 1.54) is 11.0 Å². The van der Waals surface area contributed by atoms with Crippen molar-refractivity contribution in [3.8, 4) is 16.9 Å². The van der Waals surface area contributed by atoms with Crippen molar-refractivity contribution in [1.82, 2.24) is 35.1 Å². The Morgan fingerprint density at radius 1 is 0.966 bits per heavy atom. The van der Waals surface area contributed by atoms with Crippen molar-refractivity contribution in [3.05, 3.63) is 102 Å². The molecule has 4 amide bonds. The number of nitrogens with one attached hydrogen (secondary N) is 2. The van der Waals surface area contributed by atoms with E-state index >= 15 is 8.78 Å². The van der Waals surface area contributed by atoms with Crippen LogP contribution < -0.4 is 15.0 Å². The average Bonchev–Trinajstić information content (AvgIpc) is 3.93. The third kappa shape index (κ3) is 7.93. The van der Waals surface area contributed by atoms with Crippen LogP contribution >= 0.6 is 0 Å². The fraction of sp³-hybridized carbons (Fsp3) is 0.349. The van der Waals surface area contributed by atoms with Gasteiger partial charge in [-0.3, -0.25) is 29.2 Å². The van der Waals surface area contributed by atoms with Crippen LogP contribution in [0, 0.1) is 11.6 Å². The van der Waals surface area contributed by atoms with E-state index in [1.54, 1.807) is 54.3 Å². The van der Waals surface area contributed by atoms with Crippen LogP contribution in [0.15, 0.2) is 73.1 Å². The summed E-state index contributed by atoms with van der Waals surface area (Å²) in [7, 11) is 3.30. The number of imide groups is 1. The number of anilines is 1. The smallest absolute Gasteiger partial charge is 0.269 e. The van der Waals surface area contributed by atoms with Gasteiger partial charge in [0.15, 0.2) is 11.9 Å². The lowest BCUT2D eigenvalue weighted by Gasteiger charge is -2.34. The van der Waals surface area contributed by atoms with Gasteiger partial charge in [-0.05, 0) is 71.7 Å². The molecule has 2 aromatic heterocycles. The molecule has 300 valence electrons. The number of hydrogen-bond acceptors (Lipinski definition) is 8. The van der Waals surface area contributed by atoms with Gasteiger partial charge in [0.2, 0.25) is 11.8 Å². The molecule has 5 aromatic rings. The van der Waals surface area contributed by atoms with Gasteiger partial charge in [-0.1, -0.05) is 35.6 Å². The molecule has 1 unspecified atom stereocenters. The van der Waals surface area contributed by atoms with Crippen LogP contribution in [0.4, 0.5) is 14.5 Å². The molecular weight excluding hydrogens is 747 g/mol. The van der Waals surface area contributed by atoms with Crippen LogP contribution in [0.2, 0.25) is 0 Å². The van der Waals surface area contributed by atoms with E-state index < -0.39 is 23.6 Å². The lowest BCUT2D eigenvalue weighted by atomic mass is 9.87. The van der Waals surface area contributed by atoms with Gasteiger partial charge in [-0.25, -0.2) is 8.78 Å². The quantitative estimate of drug-likeness (QED) is 0.172. The number of piperidine rings is 2. The Morgan fingerprint density at radius 2 is 1.76 bits per heavy atom. The second-order valence-corrected chi connectivity index (χ2v) is 15.3. The third-order valence-electron chi connectivity index (χ3n) is 11.3. The van der Waals surface area contributed by atoms with Crippen molar-refractivity contribution < 1.29 is 32.7 Å². The second kappa shape index (κ2) is 16.2. The highest BCUT2D eigenvalue weighted by Crippen LogP contribution is 2.39. The third-order valence-corrected chi connectivity index (χ3v) is 11.3. The number of fused-ring (bicyclic) bond motifs is 1. The molecule has 2 N–H and O–H groups in total. The highest BCUT2D eigenvalue weighted by atomic mass is 19.1. The molecule has 3 aliphatic rings. The molecule has 3 aliphatic heterocycles. The molecule has 15 heteroatoms.